The summed E-state index contributed by atoms with van der Waals surface area (Å²) in [4.78, 5) is 12.7. The van der Waals surface area contributed by atoms with Crippen LogP contribution in [0.3, 0.4) is 0 Å². The molecule has 110 valence electrons. The van der Waals surface area contributed by atoms with Gasteiger partial charge < -0.3 is 9.88 Å². The molecule has 0 saturated carbocycles. The number of hydrogen-bond acceptors (Lipinski definition) is 1. The highest BCUT2D eigenvalue weighted by Gasteiger charge is 2.24. The first kappa shape index (κ1) is 13.1. The van der Waals surface area contributed by atoms with E-state index < -0.39 is 0 Å². The van der Waals surface area contributed by atoms with Crippen LogP contribution in [-0.4, -0.2) is 10.5 Å². The number of aromatic nitrogens is 1. The van der Waals surface area contributed by atoms with Crippen molar-refractivity contribution in [3.63, 3.8) is 0 Å². The molecule has 22 heavy (non-hydrogen) atoms. The number of nitrogens with one attached hydrogen (secondary N) is 1. The summed E-state index contributed by atoms with van der Waals surface area (Å²) in [5.41, 5.74) is 4.41. The van der Waals surface area contributed by atoms with Crippen LogP contribution >= 0.6 is 0 Å². The molecule has 1 amide bonds. The summed E-state index contributed by atoms with van der Waals surface area (Å²) >= 11 is 0. The summed E-state index contributed by atoms with van der Waals surface area (Å²) in [5, 5.41) is 4.29. The maximum absolute atomic E-state index is 12.7. The lowest BCUT2D eigenvalue weighted by Crippen LogP contribution is -2.28. The lowest BCUT2D eigenvalue weighted by molar-refractivity contribution is 0.0929. The quantitative estimate of drug-likeness (QED) is 0.769. The standard InChI is InChI=1S/C19H18N2O/c1-21-17-9-5-3-7-14(17)12-18(21)19(22)20-16-11-10-13-6-2-4-8-15(13)16/h2-9,12,16H,10-11H2,1H3,(H,20,22). The zero-order valence-corrected chi connectivity index (χ0v) is 12.5. The van der Waals surface area contributed by atoms with Crippen LogP contribution in [0.15, 0.2) is 54.6 Å². The van der Waals surface area contributed by atoms with Crippen LogP contribution in [0.2, 0.25) is 0 Å². The van der Waals surface area contributed by atoms with Gasteiger partial charge in [0, 0.05) is 18.0 Å². The Morgan fingerprint density at radius 3 is 2.77 bits per heavy atom. The number of hydrogen-bond donors (Lipinski definition) is 1. The van der Waals surface area contributed by atoms with E-state index in [1.165, 1.54) is 11.1 Å². The topological polar surface area (TPSA) is 34.0 Å². The first-order chi connectivity index (χ1) is 10.7. The van der Waals surface area contributed by atoms with Crippen LogP contribution in [0.5, 0.6) is 0 Å². The SMILES string of the molecule is Cn1c(C(=O)NC2CCc3ccccc32)cc2ccccc21. The van der Waals surface area contributed by atoms with Crippen molar-refractivity contribution in [2.75, 3.05) is 0 Å². The number of fused-ring (bicyclic) bond motifs is 2. The van der Waals surface area contributed by atoms with Gasteiger partial charge in [-0.3, -0.25) is 4.79 Å². The summed E-state index contributed by atoms with van der Waals surface area (Å²) in [6, 6.07) is 18.5. The Bertz CT molecular complexity index is 863. The van der Waals surface area contributed by atoms with Gasteiger partial charge in [-0.05, 0) is 36.1 Å². The third kappa shape index (κ3) is 2.01. The average molecular weight is 290 g/mol. The zero-order chi connectivity index (χ0) is 15.1. The Morgan fingerprint density at radius 2 is 1.91 bits per heavy atom. The summed E-state index contributed by atoms with van der Waals surface area (Å²) < 4.78 is 1.96. The van der Waals surface area contributed by atoms with E-state index in [0.29, 0.717) is 5.69 Å². The van der Waals surface area contributed by atoms with Gasteiger partial charge in [0.25, 0.3) is 5.91 Å². The molecule has 0 radical (unpaired) electrons. The molecule has 0 spiro atoms. The van der Waals surface area contributed by atoms with Crippen LogP contribution in [0.25, 0.3) is 10.9 Å². The number of carbonyl (C=O) groups is 1. The minimum atomic E-state index is 0.000373. The van der Waals surface area contributed by atoms with Crippen LogP contribution in [0.1, 0.15) is 34.1 Å². The van der Waals surface area contributed by atoms with Crippen molar-refractivity contribution in [3.8, 4) is 0 Å². The fourth-order valence-corrected chi connectivity index (χ4v) is 3.45. The van der Waals surface area contributed by atoms with E-state index in [0.717, 1.165) is 23.7 Å². The average Bonchev–Trinajstić information content (AvgIpc) is 3.10. The molecular formula is C19H18N2O. The van der Waals surface area contributed by atoms with E-state index >= 15 is 0 Å². The van der Waals surface area contributed by atoms with Gasteiger partial charge in [0.1, 0.15) is 5.69 Å². The first-order valence-corrected chi connectivity index (χ1v) is 7.67. The number of carbonyl (C=O) groups excluding carboxylic acids is 1. The molecule has 1 aliphatic rings. The fourth-order valence-electron chi connectivity index (χ4n) is 3.45. The second kappa shape index (κ2) is 5.02. The molecule has 3 aromatic rings. The zero-order valence-electron chi connectivity index (χ0n) is 12.5. The molecule has 1 atom stereocenters. The lowest BCUT2D eigenvalue weighted by atomic mass is 10.1. The molecule has 1 unspecified atom stereocenters. The first-order valence-electron chi connectivity index (χ1n) is 7.67. The number of para-hydroxylation sites is 1. The van der Waals surface area contributed by atoms with Gasteiger partial charge in [-0.2, -0.15) is 0 Å². The molecular weight excluding hydrogens is 272 g/mol. The Morgan fingerprint density at radius 1 is 1.14 bits per heavy atom. The number of nitrogens with zero attached hydrogens (tertiary/aromatic N) is 1. The molecule has 1 heterocycles. The molecule has 1 aliphatic carbocycles. The third-order valence-electron chi connectivity index (χ3n) is 4.62. The minimum absolute atomic E-state index is 0.000373. The van der Waals surface area contributed by atoms with Crippen LogP contribution in [0.4, 0.5) is 0 Å². The van der Waals surface area contributed by atoms with Crippen molar-refractivity contribution in [1.82, 2.24) is 9.88 Å². The lowest BCUT2D eigenvalue weighted by Gasteiger charge is -2.14. The highest BCUT2D eigenvalue weighted by molar-refractivity contribution is 5.98. The van der Waals surface area contributed by atoms with E-state index in [1.54, 1.807) is 0 Å². The van der Waals surface area contributed by atoms with Gasteiger partial charge >= 0.3 is 0 Å². The van der Waals surface area contributed by atoms with Gasteiger partial charge in [0.05, 0.1) is 6.04 Å². The number of aryl methyl sites for hydroxylation is 2. The minimum Gasteiger partial charge on any atom is -0.344 e. The predicted molar refractivity (Wildman–Crippen MR) is 87.9 cm³/mol. The third-order valence-corrected chi connectivity index (χ3v) is 4.62. The smallest absolute Gasteiger partial charge is 0.268 e. The Balaban J connectivity index is 1.64. The number of amides is 1. The molecule has 0 aliphatic heterocycles. The monoisotopic (exact) mass is 290 g/mol. The normalized spacial score (nSPS) is 16.7. The second-order valence-electron chi connectivity index (χ2n) is 5.91. The van der Waals surface area contributed by atoms with Crippen molar-refractivity contribution in [2.24, 2.45) is 7.05 Å². The maximum atomic E-state index is 12.7. The molecule has 2 aromatic carbocycles. The highest BCUT2D eigenvalue weighted by atomic mass is 16.2. The largest absolute Gasteiger partial charge is 0.344 e. The van der Waals surface area contributed by atoms with Crippen LogP contribution in [0, 0.1) is 0 Å². The van der Waals surface area contributed by atoms with Crippen LogP contribution in [-0.2, 0) is 13.5 Å². The summed E-state index contributed by atoms with van der Waals surface area (Å²) in [5.74, 6) is 0.000373. The second-order valence-corrected chi connectivity index (χ2v) is 5.91. The van der Waals surface area contributed by atoms with Gasteiger partial charge in [0.2, 0.25) is 0 Å². The summed E-state index contributed by atoms with van der Waals surface area (Å²) in [6.45, 7) is 0. The fraction of sp³-hybridized carbons (Fsp3) is 0.211. The molecule has 0 fully saturated rings. The van der Waals surface area contributed by atoms with Crippen LogP contribution < -0.4 is 5.32 Å². The molecule has 0 saturated heterocycles. The highest BCUT2D eigenvalue weighted by Crippen LogP contribution is 2.31. The van der Waals surface area contributed by atoms with Crippen molar-refractivity contribution >= 4 is 16.8 Å². The Hall–Kier alpha value is -2.55. The number of benzene rings is 2. The van der Waals surface area contributed by atoms with Gasteiger partial charge in [-0.25, -0.2) is 0 Å². The molecule has 0 bridgehead atoms. The van der Waals surface area contributed by atoms with Crippen molar-refractivity contribution in [2.45, 2.75) is 18.9 Å². The van der Waals surface area contributed by atoms with Crippen molar-refractivity contribution in [1.29, 1.82) is 0 Å². The van der Waals surface area contributed by atoms with Gasteiger partial charge in [0.15, 0.2) is 0 Å². The van der Waals surface area contributed by atoms with Crippen molar-refractivity contribution < 1.29 is 4.79 Å². The molecule has 1 N–H and O–H groups in total. The van der Waals surface area contributed by atoms with E-state index in [-0.39, 0.29) is 11.9 Å². The summed E-state index contributed by atoms with van der Waals surface area (Å²) in [6.07, 6.45) is 2.02. The van der Waals surface area contributed by atoms with Crippen molar-refractivity contribution in [3.05, 3.63) is 71.4 Å². The molecule has 4 rings (SSSR count). The number of rotatable bonds is 2. The molecule has 3 heteroatoms. The molecule has 1 aromatic heterocycles. The van der Waals surface area contributed by atoms with E-state index in [4.69, 9.17) is 0 Å². The Labute approximate surface area is 129 Å². The summed E-state index contributed by atoms with van der Waals surface area (Å²) in [7, 11) is 1.94. The molecule has 3 nitrogen and oxygen atoms in total. The van der Waals surface area contributed by atoms with E-state index in [2.05, 4.69) is 23.5 Å². The Kier molecular flexibility index (Phi) is 3.00. The predicted octanol–water partition coefficient (Wildman–Crippen LogP) is 3.60. The maximum Gasteiger partial charge on any atom is 0.268 e. The van der Waals surface area contributed by atoms with Gasteiger partial charge in [-0.15, -0.1) is 0 Å². The van der Waals surface area contributed by atoms with Gasteiger partial charge in [-0.1, -0.05) is 42.5 Å². The van der Waals surface area contributed by atoms with E-state index in [9.17, 15) is 4.79 Å². The van der Waals surface area contributed by atoms with E-state index in [1.807, 2.05) is 48.0 Å².